The maximum atomic E-state index is 12.0. The molecule has 0 N–H and O–H groups in total. The van der Waals surface area contributed by atoms with Crippen molar-refractivity contribution in [3.8, 4) is 0 Å². The highest BCUT2D eigenvalue weighted by molar-refractivity contribution is 5.71. The summed E-state index contributed by atoms with van der Waals surface area (Å²) in [5.41, 5.74) is -1.44. The molecule has 0 heterocycles. The minimum absolute atomic E-state index is 0.219. The fraction of sp³-hybridized carbons (Fsp3) is 0.682. The minimum atomic E-state index is -0.578. The summed E-state index contributed by atoms with van der Waals surface area (Å²) in [6, 6.07) is 0. The first-order chi connectivity index (χ1) is 11.8. The highest BCUT2D eigenvalue weighted by atomic mass is 16.6. The van der Waals surface area contributed by atoms with Crippen LogP contribution in [-0.4, -0.2) is 29.4 Å². The van der Waals surface area contributed by atoms with E-state index in [1.165, 1.54) is 0 Å². The van der Waals surface area contributed by atoms with Gasteiger partial charge in [0.25, 0.3) is 0 Å². The van der Waals surface area contributed by atoms with Gasteiger partial charge in [-0.2, -0.15) is 0 Å². The Morgan fingerprint density at radius 2 is 1.50 bits per heavy atom. The fourth-order valence-corrected chi connectivity index (χ4v) is 2.20. The van der Waals surface area contributed by atoms with Gasteiger partial charge in [-0.25, -0.2) is 0 Å². The van der Waals surface area contributed by atoms with Crippen molar-refractivity contribution in [1.29, 1.82) is 0 Å². The molecule has 4 heteroatoms. The molecule has 0 aliphatic heterocycles. The summed E-state index contributed by atoms with van der Waals surface area (Å²) in [6.07, 6.45) is 10.7. The number of allylic oxidation sites excluding steroid dienone is 5. The summed E-state index contributed by atoms with van der Waals surface area (Å²) in [4.78, 5) is 12.0. The molecule has 0 radical (unpaired) electrons. The Hall–Kier alpha value is -1.55. The average molecular weight is 367 g/mol. The van der Waals surface area contributed by atoms with Crippen molar-refractivity contribution in [1.82, 2.24) is 0 Å². The highest BCUT2D eigenvalue weighted by Gasteiger charge is 2.28. The second-order valence-electron chi connectivity index (χ2n) is 8.58. The summed E-state index contributed by atoms with van der Waals surface area (Å²) in [7, 11) is 0. The molecule has 4 nitrogen and oxygen atoms in total. The molecule has 0 aromatic rings. The highest BCUT2D eigenvalue weighted by Crippen LogP contribution is 2.23. The van der Waals surface area contributed by atoms with Gasteiger partial charge in [0.1, 0.15) is 17.0 Å². The third-order valence-corrected chi connectivity index (χ3v) is 3.37. The number of ether oxygens (including phenoxy) is 3. The van der Waals surface area contributed by atoms with E-state index in [1.54, 1.807) is 0 Å². The largest absolute Gasteiger partial charge is 0.488 e. The first-order valence-corrected chi connectivity index (χ1v) is 9.31. The quantitative estimate of drug-likeness (QED) is 0.281. The molecule has 0 aliphatic carbocycles. The zero-order chi connectivity index (χ0) is 20.4. The zero-order valence-electron chi connectivity index (χ0n) is 18.1. The van der Waals surface area contributed by atoms with E-state index in [1.807, 2.05) is 92.7 Å². The van der Waals surface area contributed by atoms with Gasteiger partial charge in [-0.3, -0.25) is 4.79 Å². The Morgan fingerprint density at radius 3 is 2.00 bits per heavy atom. The van der Waals surface area contributed by atoms with E-state index in [0.29, 0.717) is 13.0 Å². The number of carbonyl (C=O) groups is 1. The molecular weight excluding hydrogens is 328 g/mol. The second-order valence-corrected chi connectivity index (χ2v) is 8.58. The van der Waals surface area contributed by atoms with Crippen molar-refractivity contribution < 1.29 is 19.0 Å². The van der Waals surface area contributed by atoms with Crippen LogP contribution in [0.2, 0.25) is 0 Å². The Balaban J connectivity index is 4.59. The van der Waals surface area contributed by atoms with Crippen LogP contribution in [0.3, 0.4) is 0 Å². The monoisotopic (exact) mass is 366 g/mol. The van der Waals surface area contributed by atoms with Crippen LogP contribution in [0.25, 0.3) is 0 Å². The lowest BCUT2D eigenvalue weighted by Crippen LogP contribution is -2.34. The maximum Gasteiger partial charge on any atom is 0.309 e. The molecule has 0 aromatic heterocycles. The van der Waals surface area contributed by atoms with E-state index in [-0.39, 0.29) is 18.0 Å². The lowest BCUT2D eigenvalue weighted by Gasteiger charge is -2.30. The van der Waals surface area contributed by atoms with Crippen LogP contribution in [0.5, 0.6) is 0 Å². The molecule has 0 aromatic carbocycles. The van der Waals surface area contributed by atoms with Crippen molar-refractivity contribution in [3.05, 3.63) is 36.1 Å². The lowest BCUT2D eigenvalue weighted by molar-refractivity contribution is -0.161. The van der Waals surface area contributed by atoms with Gasteiger partial charge in [0.2, 0.25) is 0 Å². The van der Waals surface area contributed by atoms with E-state index in [0.717, 1.165) is 5.76 Å². The van der Waals surface area contributed by atoms with Crippen molar-refractivity contribution in [2.24, 2.45) is 0 Å². The minimum Gasteiger partial charge on any atom is -0.488 e. The van der Waals surface area contributed by atoms with Gasteiger partial charge in [0, 0.05) is 6.42 Å². The third kappa shape index (κ3) is 12.8. The normalized spacial score (nSPS) is 14.3. The Labute approximate surface area is 160 Å². The van der Waals surface area contributed by atoms with Crippen LogP contribution in [0.15, 0.2) is 36.1 Å². The zero-order valence-corrected chi connectivity index (χ0v) is 18.1. The molecule has 26 heavy (non-hydrogen) atoms. The molecule has 0 aliphatic rings. The Morgan fingerprint density at radius 1 is 0.885 bits per heavy atom. The molecule has 0 rings (SSSR count). The van der Waals surface area contributed by atoms with Gasteiger partial charge in [-0.1, -0.05) is 18.2 Å². The summed E-state index contributed by atoms with van der Waals surface area (Å²) in [6.45, 7) is 17.9. The average Bonchev–Trinajstić information content (AvgIpc) is 2.41. The number of esters is 1. The fourth-order valence-electron chi connectivity index (χ4n) is 2.20. The summed E-state index contributed by atoms with van der Waals surface area (Å²) in [5.74, 6) is 0.561. The lowest BCUT2D eigenvalue weighted by atomic mass is 10.0. The van der Waals surface area contributed by atoms with Crippen molar-refractivity contribution in [2.45, 2.75) is 92.0 Å². The van der Waals surface area contributed by atoms with Crippen LogP contribution in [0.1, 0.15) is 75.2 Å². The van der Waals surface area contributed by atoms with Crippen LogP contribution >= 0.6 is 0 Å². The first kappa shape index (κ1) is 24.5. The van der Waals surface area contributed by atoms with Crippen LogP contribution in [0.4, 0.5) is 0 Å². The molecule has 150 valence electrons. The molecule has 0 bridgehead atoms. The van der Waals surface area contributed by atoms with E-state index >= 15 is 0 Å². The summed E-state index contributed by atoms with van der Waals surface area (Å²) < 4.78 is 17.4. The van der Waals surface area contributed by atoms with Crippen molar-refractivity contribution >= 4 is 5.97 Å². The third-order valence-electron chi connectivity index (χ3n) is 3.37. The maximum absolute atomic E-state index is 12.0. The predicted molar refractivity (Wildman–Crippen MR) is 108 cm³/mol. The van der Waals surface area contributed by atoms with Crippen LogP contribution in [0, 0.1) is 0 Å². The molecule has 0 spiro atoms. The number of carbonyl (C=O) groups excluding carboxylic acids is 1. The molecule has 0 amide bonds. The topological polar surface area (TPSA) is 44.8 Å². The van der Waals surface area contributed by atoms with Gasteiger partial charge in [-0.05, 0) is 74.5 Å². The van der Waals surface area contributed by atoms with E-state index < -0.39 is 11.2 Å². The SMILES string of the molecule is C\C=C/C=C(\C=C/C)OC(C)(C)CCOC(C)(C)CC(=O)OC(C)(C)C. The van der Waals surface area contributed by atoms with Gasteiger partial charge in [-0.15, -0.1) is 0 Å². The van der Waals surface area contributed by atoms with Crippen molar-refractivity contribution in [2.75, 3.05) is 6.61 Å². The standard InChI is InChI=1S/C22H38O4/c1-10-12-14-18(13-11-2)25-21(6,7)15-16-24-22(8,9)17-19(23)26-20(3,4)5/h10-14H,15-17H2,1-9H3/b12-10-,13-11-,18-14+. The number of rotatable bonds is 10. The number of hydrogen-bond acceptors (Lipinski definition) is 4. The number of hydrogen-bond donors (Lipinski definition) is 0. The molecule has 0 atom stereocenters. The van der Waals surface area contributed by atoms with E-state index in [9.17, 15) is 4.79 Å². The molecule has 0 unspecified atom stereocenters. The molecule has 0 fully saturated rings. The van der Waals surface area contributed by atoms with E-state index in [4.69, 9.17) is 14.2 Å². The molecular formula is C22H38O4. The van der Waals surface area contributed by atoms with Crippen LogP contribution < -0.4 is 0 Å². The molecule has 0 saturated carbocycles. The predicted octanol–water partition coefficient (Wildman–Crippen LogP) is 5.73. The Kier molecular flexibility index (Phi) is 9.93. The Bertz CT molecular complexity index is 517. The second kappa shape index (κ2) is 10.6. The van der Waals surface area contributed by atoms with Gasteiger partial charge >= 0.3 is 5.97 Å². The van der Waals surface area contributed by atoms with Gasteiger partial charge in [0.15, 0.2) is 0 Å². The van der Waals surface area contributed by atoms with Crippen molar-refractivity contribution in [3.63, 3.8) is 0 Å². The smallest absolute Gasteiger partial charge is 0.309 e. The molecule has 0 saturated heterocycles. The van der Waals surface area contributed by atoms with Crippen LogP contribution in [-0.2, 0) is 19.0 Å². The van der Waals surface area contributed by atoms with Gasteiger partial charge < -0.3 is 14.2 Å². The first-order valence-electron chi connectivity index (χ1n) is 9.31. The van der Waals surface area contributed by atoms with Gasteiger partial charge in [0.05, 0.1) is 18.6 Å². The van der Waals surface area contributed by atoms with E-state index in [2.05, 4.69) is 0 Å². The summed E-state index contributed by atoms with van der Waals surface area (Å²) >= 11 is 0. The summed E-state index contributed by atoms with van der Waals surface area (Å²) in [5, 5.41) is 0.